The van der Waals surface area contributed by atoms with Crippen LogP contribution in [0.2, 0.25) is 5.02 Å². The van der Waals surface area contributed by atoms with Crippen molar-refractivity contribution in [1.82, 2.24) is 4.90 Å². The lowest BCUT2D eigenvalue weighted by Crippen LogP contribution is -2.40. The first-order valence-electron chi connectivity index (χ1n) is 7.83. The summed E-state index contributed by atoms with van der Waals surface area (Å²) in [5.74, 6) is 0.760. The molecule has 0 heterocycles. The van der Waals surface area contributed by atoms with E-state index in [-0.39, 0.29) is 0 Å². The number of aliphatic hydroxyl groups is 1. The van der Waals surface area contributed by atoms with Gasteiger partial charge in [-0.2, -0.15) is 0 Å². The van der Waals surface area contributed by atoms with Crippen LogP contribution in [0.4, 0.5) is 0 Å². The Labute approximate surface area is 132 Å². The van der Waals surface area contributed by atoms with Crippen LogP contribution in [0.5, 0.6) is 5.75 Å². The first-order chi connectivity index (χ1) is 10.1. The van der Waals surface area contributed by atoms with E-state index in [1.807, 2.05) is 25.1 Å². The van der Waals surface area contributed by atoms with Crippen LogP contribution in [-0.4, -0.2) is 42.4 Å². The van der Waals surface area contributed by atoms with Crippen LogP contribution < -0.4 is 4.74 Å². The van der Waals surface area contributed by atoms with E-state index in [2.05, 4.69) is 11.9 Å². The van der Waals surface area contributed by atoms with Gasteiger partial charge in [0.1, 0.15) is 18.5 Å². The smallest absolute Gasteiger partial charge is 0.119 e. The fourth-order valence-corrected chi connectivity index (χ4v) is 3.07. The van der Waals surface area contributed by atoms with Crippen molar-refractivity contribution in [2.24, 2.45) is 0 Å². The Morgan fingerprint density at radius 1 is 1.33 bits per heavy atom. The molecule has 0 aromatic heterocycles. The molecule has 4 heteroatoms. The van der Waals surface area contributed by atoms with E-state index < -0.39 is 6.10 Å². The summed E-state index contributed by atoms with van der Waals surface area (Å²) < 4.78 is 5.66. The lowest BCUT2D eigenvalue weighted by Gasteiger charge is -2.32. The van der Waals surface area contributed by atoms with Crippen LogP contribution >= 0.6 is 11.6 Å². The van der Waals surface area contributed by atoms with Crippen molar-refractivity contribution >= 4 is 11.6 Å². The number of nitrogens with zero attached hydrogens (tertiary/aromatic N) is 1. The normalized spacial score (nSPS) is 18.0. The lowest BCUT2D eigenvalue weighted by molar-refractivity contribution is 0.0561. The van der Waals surface area contributed by atoms with E-state index in [4.69, 9.17) is 16.3 Å². The molecule has 21 heavy (non-hydrogen) atoms. The first-order valence-corrected chi connectivity index (χ1v) is 8.21. The van der Waals surface area contributed by atoms with Crippen LogP contribution in [0.1, 0.15) is 37.7 Å². The minimum Gasteiger partial charge on any atom is -0.491 e. The molecule has 0 bridgehead atoms. The molecule has 0 radical (unpaired) electrons. The molecule has 1 atom stereocenters. The van der Waals surface area contributed by atoms with Crippen molar-refractivity contribution in [3.05, 3.63) is 28.8 Å². The highest BCUT2D eigenvalue weighted by Crippen LogP contribution is 2.23. The Balaban J connectivity index is 1.75. The summed E-state index contributed by atoms with van der Waals surface area (Å²) in [5.41, 5.74) is 0.989. The largest absolute Gasteiger partial charge is 0.491 e. The second-order valence-electron chi connectivity index (χ2n) is 6.11. The van der Waals surface area contributed by atoms with Crippen LogP contribution in [0.15, 0.2) is 18.2 Å². The van der Waals surface area contributed by atoms with Gasteiger partial charge in [0.25, 0.3) is 0 Å². The molecule has 118 valence electrons. The third-order valence-electron chi connectivity index (χ3n) is 4.27. The molecule has 0 spiro atoms. The molecule has 1 saturated carbocycles. The Bertz CT molecular complexity index is 446. The van der Waals surface area contributed by atoms with Gasteiger partial charge in [0.05, 0.1) is 0 Å². The molecule has 1 aliphatic carbocycles. The summed E-state index contributed by atoms with van der Waals surface area (Å²) in [4.78, 5) is 2.28. The van der Waals surface area contributed by atoms with Crippen molar-refractivity contribution in [1.29, 1.82) is 0 Å². The highest BCUT2D eigenvalue weighted by molar-refractivity contribution is 6.31. The Morgan fingerprint density at radius 2 is 2.05 bits per heavy atom. The van der Waals surface area contributed by atoms with E-state index in [1.165, 1.54) is 32.1 Å². The molecule has 1 aliphatic rings. The van der Waals surface area contributed by atoms with Crippen LogP contribution in [0.25, 0.3) is 0 Å². The molecule has 0 saturated heterocycles. The van der Waals surface area contributed by atoms with Crippen LogP contribution in [0, 0.1) is 6.92 Å². The average Bonchev–Trinajstić information content (AvgIpc) is 2.49. The zero-order chi connectivity index (χ0) is 15.2. The molecule has 1 aromatic rings. The maximum Gasteiger partial charge on any atom is 0.119 e. The molecule has 3 nitrogen and oxygen atoms in total. The molecule has 1 fully saturated rings. The van der Waals surface area contributed by atoms with Gasteiger partial charge < -0.3 is 14.7 Å². The number of hydrogen-bond donors (Lipinski definition) is 1. The zero-order valence-electron chi connectivity index (χ0n) is 13.0. The van der Waals surface area contributed by atoms with E-state index in [1.54, 1.807) is 0 Å². The fourth-order valence-electron chi connectivity index (χ4n) is 2.96. The van der Waals surface area contributed by atoms with Crippen molar-refractivity contribution in [2.75, 3.05) is 20.2 Å². The van der Waals surface area contributed by atoms with Gasteiger partial charge in [-0.25, -0.2) is 0 Å². The van der Waals surface area contributed by atoms with Crippen molar-refractivity contribution in [3.8, 4) is 5.75 Å². The number of benzene rings is 1. The number of rotatable bonds is 6. The average molecular weight is 312 g/mol. The van der Waals surface area contributed by atoms with Crippen LogP contribution in [0.3, 0.4) is 0 Å². The van der Waals surface area contributed by atoms with Gasteiger partial charge in [0.15, 0.2) is 0 Å². The van der Waals surface area contributed by atoms with Gasteiger partial charge >= 0.3 is 0 Å². The summed E-state index contributed by atoms with van der Waals surface area (Å²) in [7, 11) is 2.10. The monoisotopic (exact) mass is 311 g/mol. The molecule has 0 amide bonds. The molecular formula is C17H26ClNO2. The number of likely N-dealkylation sites (N-methyl/N-ethyl adjacent to an activating group) is 1. The highest BCUT2D eigenvalue weighted by atomic mass is 35.5. The second-order valence-corrected chi connectivity index (χ2v) is 6.51. The summed E-state index contributed by atoms with van der Waals surface area (Å²) >= 11 is 5.99. The van der Waals surface area contributed by atoms with Gasteiger partial charge in [-0.1, -0.05) is 30.9 Å². The van der Waals surface area contributed by atoms with E-state index >= 15 is 0 Å². The van der Waals surface area contributed by atoms with E-state index in [9.17, 15) is 5.11 Å². The topological polar surface area (TPSA) is 32.7 Å². The van der Waals surface area contributed by atoms with Gasteiger partial charge in [-0.05, 0) is 50.6 Å². The van der Waals surface area contributed by atoms with Gasteiger partial charge in [-0.15, -0.1) is 0 Å². The van der Waals surface area contributed by atoms with Crippen LogP contribution in [-0.2, 0) is 0 Å². The summed E-state index contributed by atoms with van der Waals surface area (Å²) in [5, 5.41) is 10.9. The molecule has 1 N–H and O–H groups in total. The number of halogens is 1. The summed E-state index contributed by atoms with van der Waals surface area (Å²) in [6, 6.07) is 6.19. The predicted octanol–water partition coefficient (Wildman–Crippen LogP) is 3.65. The third kappa shape index (κ3) is 5.17. The van der Waals surface area contributed by atoms with E-state index in [0.29, 0.717) is 19.2 Å². The van der Waals surface area contributed by atoms with Crippen molar-refractivity contribution < 1.29 is 9.84 Å². The maximum absolute atomic E-state index is 10.1. The fraction of sp³-hybridized carbons (Fsp3) is 0.647. The van der Waals surface area contributed by atoms with Gasteiger partial charge in [0, 0.05) is 17.6 Å². The molecular weight excluding hydrogens is 286 g/mol. The van der Waals surface area contributed by atoms with Crippen molar-refractivity contribution in [2.45, 2.75) is 51.2 Å². The Kier molecular flexibility index (Phi) is 6.34. The first kappa shape index (κ1) is 16.6. The zero-order valence-corrected chi connectivity index (χ0v) is 13.8. The quantitative estimate of drug-likeness (QED) is 0.870. The molecule has 0 aliphatic heterocycles. The standard InChI is InChI=1S/C17H26ClNO2/c1-13-10-16(8-9-17(13)18)21-12-15(20)11-19(2)14-6-4-3-5-7-14/h8-10,14-15,20H,3-7,11-12H2,1-2H3/t15-/m1/s1. The minimum absolute atomic E-state index is 0.318. The summed E-state index contributed by atoms with van der Waals surface area (Å²) in [6.07, 6.45) is 6.01. The van der Waals surface area contributed by atoms with Crippen molar-refractivity contribution in [3.63, 3.8) is 0 Å². The predicted molar refractivity (Wildman–Crippen MR) is 87.2 cm³/mol. The lowest BCUT2D eigenvalue weighted by atomic mass is 9.94. The highest BCUT2D eigenvalue weighted by Gasteiger charge is 2.20. The molecule has 2 rings (SSSR count). The SMILES string of the molecule is Cc1cc(OC[C@H](O)CN(C)C2CCCCC2)ccc1Cl. The minimum atomic E-state index is -0.465. The Hall–Kier alpha value is -0.770. The molecule has 1 aromatic carbocycles. The third-order valence-corrected chi connectivity index (χ3v) is 4.69. The Morgan fingerprint density at radius 3 is 2.71 bits per heavy atom. The van der Waals surface area contributed by atoms with E-state index in [0.717, 1.165) is 16.3 Å². The number of hydrogen-bond acceptors (Lipinski definition) is 3. The number of aliphatic hydroxyl groups excluding tert-OH is 1. The number of aryl methyl sites for hydroxylation is 1. The molecule has 0 unspecified atom stereocenters. The number of ether oxygens (including phenoxy) is 1. The van der Waals surface area contributed by atoms with Gasteiger partial charge in [0.2, 0.25) is 0 Å². The maximum atomic E-state index is 10.1. The van der Waals surface area contributed by atoms with Gasteiger partial charge in [-0.3, -0.25) is 0 Å². The summed E-state index contributed by atoms with van der Waals surface area (Å²) in [6.45, 7) is 2.93. The second kappa shape index (κ2) is 8.02.